The molecule has 0 radical (unpaired) electrons. The number of thiol groups is 1. The van der Waals surface area contributed by atoms with Crippen LogP contribution in [0, 0.1) is 11.8 Å². The second kappa shape index (κ2) is 11.8. The molecule has 3 amide bonds. The molecule has 0 rings (SSSR count). The predicted molar refractivity (Wildman–Crippen MR) is 102 cm³/mol. The van der Waals surface area contributed by atoms with Crippen LogP contribution >= 0.6 is 12.6 Å². The summed E-state index contributed by atoms with van der Waals surface area (Å²) in [4.78, 5) is 47.8. The average Bonchev–Trinajstić information content (AvgIpc) is 2.59. The van der Waals surface area contributed by atoms with Crippen molar-refractivity contribution in [3.63, 3.8) is 0 Å². The molecule has 0 heterocycles. The molecule has 0 aliphatic heterocycles. The van der Waals surface area contributed by atoms with Gasteiger partial charge in [-0.05, 0) is 11.8 Å². The molecule has 27 heavy (non-hydrogen) atoms. The van der Waals surface area contributed by atoms with Gasteiger partial charge in [0.05, 0.1) is 12.6 Å². The SMILES string of the molecule is CC(C)C(NC(=O)C(CO)NC(=O)C(NC(=O)C(N)CS)C(C)C)C(=O)O. The van der Waals surface area contributed by atoms with Gasteiger partial charge in [-0.15, -0.1) is 0 Å². The molecule has 0 fully saturated rings. The van der Waals surface area contributed by atoms with Crippen molar-refractivity contribution in [2.45, 2.75) is 51.9 Å². The Morgan fingerprint density at radius 1 is 0.889 bits per heavy atom. The Hall–Kier alpha value is -1.85. The summed E-state index contributed by atoms with van der Waals surface area (Å²) in [6.45, 7) is 5.85. The fourth-order valence-electron chi connectivity index (χ4n) is 2.10. The highest BCUT2D eigenvalue weighted by Crippen LogP contribution is 2.05. The van der Waals surface area contributed by atoms with E-state index in [0.29, 0.717) is 0 Å². The first-order valence-electron chi connectivity index (χ1n) is 8.57. The fraction of sp³-hybridized carbons (Fsp3) is 0.750. The van der Waals surface area contributed by atoms with E-state index in [2.05, 4.69) is 28.6 Å². The summed E-state index contributed by atoms with van der Waals surface area (Å²) >= 11 is 3.92. The molecule has 156 valence electrons. The predicted octanol–water partition coefficient (Wildman–Crippen LogP) is -1.91. The molecule has 7 N–H and O–H groups in total. The summed E-state index contributed by atoms with van der Waals surface area (Å²) in [5, 5.41) is 25.6. The lowest BCUT2D eigenvalue weighted by molar-refractivity contribution is -0.143. The van der Waals surface area contributed by atoms with E-state index in [1.165, 1.54) is 0 Å². The van der Waals surface area contributed by atoms with Gasteiger partial charge in [-0.2, -0.15) is 12.6 Å². The lowest BCUT2D eigenvalue weighted by Crippen LogP contribution is -2.59. The summed E-state index contributed by atoms with van der Waals surface area (Å²) < 4.78 is 0. The van der Waals surface area contributed by atoms with E-state index in [1.807, 2.05) is 0 Å². The van der Waals surface area contributed by atoms with Crippen LogP contribution in [0.2, 0.25) is 0 Å². The van der Waals surface area contributed by atoms with Crippen molar-refractivity contribution < 1.29 is 29.4 Å². The van der Waals surface area contributed by atoms with Crippen LogP contribution < -0.4 is 21.7 Å². The number of hydrogen-bond acceptors (Lipinski definition) is 7. The Balaban J connectivity index is 5.13. The number of aliphatic hydroxyl groups excluding tert-OH is 1. The van der Waals surface area contributed by atoms with Gasteiger partial charge in [0.2, 0.25) is 17.7 Å². The third kappa shape index (κ3) is 8.14. The molecular weight excluding hydrogens is 376 g/mol. The van der Waals surface area contributed by atoms with Crippen LogP contribution in [0.15, 0.2) is 0 Å². The Kier molecular flexibility index (Phi) is 11.0. The van der Waals surface area contributed by atoms with E-state index in [-0.39, 0.29) is 11.7 Å². The number of hydrogen-bond donors (Lipinski definition) is 7. The maximum atomic E-state index is 12.5. The third-order valence-corrected chi connectivity index (χ3v) is 4.22. The molecule has 0 bridgehead atoms. The summed E-state index contributed by atoms with van der Waals surface area (Å²) in [6.07, 6.45) is 0. The topological polar surface area (TPSA) is 171 Å². The molecule has 0 saturated carbocycles. The molecule has 11 heteroatoms. The summed E-state index contributed by atoms with van der Waals surface area (Å²) in [7, 11) is 0. The molecule has 10 nitrogen and oxygen atoms in total. The van der Waals surface area contributed by atoms with E-state index >= 15 is 0 Å². The monoisotopic (exact) mass is 406 g/mol. The minimum absolute atomic E-state index is 0.0890. The normalized spacial score (nSPS) is 15.6. The molecule has 0 aliphatic carbocycles. The van der Waals surface area contributed by atoms with Gasteiger partial charge >= 0.3 is 5.97 Å². The van der Waals surface area contributed by atoms with Crippen molar-refractivity contribution in [3.8, 4) is 0 Å². The Morgan fingerprint density at radius 2 is 1.37 bits per heavy atom. The number of aliphatic carboxylic acids is 1. The number of carboxylic acid groups (broad SMARTS) is 1. The summed E-state index contributed by atoms with van der Waals surface area (Å²) in [6, 6.07) is -4.43. The van der Waals surface area contributed by atoms with Crippen LogP contribution in [0.5, 0.6) is 0 Å². The first kappa shape index (κ1) is 25.1. The van der Waals surface area contributed by atoms with Gasteiger partial charge in [-0.1, -0.05) is 27.7 Å². The van der Waals surface area contributed by atoms with Crippen molar-refractivity contribution in [1.82, 2.24) is 16.0 Å². The van der Waals surface area contributed by atoms with E-state index in [1.54, 1.807) is 27.7 Å². The van der Waals surface area contributed by atoms with Crippen LogP contribution in [-0.4, -0.2) is 70.4 Å². The van der Waals surface area contributed by atoms with Gasteiger partial charge in [-0.3, -0.25) is 14.4 Å². The van der Waals surface area contributed by atoms with Gasteiger partial charge in [0.15, 0.2) is 0 Å². The van der Waals surface area contributed by atoms with Crippen molar-refractivity contribution in [2.75, 3.05) is 12.4 Å². The lowest BCUT2D eigenvalue weighted by Gasteiger charge is -2.26. The maximum Gasteiger partial charge on any atom is 0.326 e. The zero-order valence-electron chi connectivity index (χ0n) is 15.9. The first-order chi connectivity index (χ1) is 12.5. The van der Waals surface area contributed by atoms with Gasteiger partial charge in [0, 0.05) is 5.75 Å². The molecule has 4 unspecified atom stereocenters. The number of rotatable bonds is 11. The van der Waals surface area contributed by atoms with Crippen molar-refractivity contribution in [1.29, 1.82) is 0 Å². The largest absolute Gasteiger partial charge is 0.480 e. The molecule has 0 aromatic heterocycles. The number of aliphatic hydroxyl groups is 1. The molecule has 4 atom stereocenters. The quantitative estimate of drug-likeness (QED) is 0.196. The Bertz CT molecular complexity index is 543. The van der Waals surface area contributed by atoms with E-state index < -0.39 is 60.4 Å². The minimum atomic E-state index is -1.37. The zero-order chi connectivity index (χ0) is 21.3. The standard InChI is InChI=1S/C16H30N4O6S/c1-7(2)11(19-13(22)9(17)6-27)15(24)18-10(5-21)14(23)20-12(8(3)4)16(25)26/h7-12,21,27H,5-6,17H2,1-4H3,(H,18,24)(H,19,22)(H,20,23)(H,25,26). The van der Waals surface area contributed by atoms with Crippen LogP contribution in [0.1, 0.15) is 27.7 Å². The van der Waals surface area contributed by atoms with E-state index in [4.69, 9.17) is 10.8 Å². The number of nitrogens with one attached hydrogen (secondary N) is 3. The highest BCUT2D eigenvalue weighted by Gasteiger charge is 2.31. The van der Waals surface area contributed by atoms with Crippen molar-refractivity contribution >= 4 is 36.3 Å². The first-order valence-corrected chi connectivity index (χ1v) is 9.20. The number of carbonyl (C=O) groups is 4. The van der Waals surface area contributed by atoms with Gasteiger partial charge < -0.3 is 31.9 Å². The molecule has 0 saturated heterocycles. The van der Waals surface area contributed by atoms with Gasteiger partial charge in [-0.25, -0.2) is 4.79 Å². The summed E-state index contributed by atoms with van der Waals surface area (Å²) in [5.41, 5.74) is 5.57. The van der Waals surface area contributed by atoms with Gasteiger partial charge in [0.1, 0.15) is 18.1 Å². The highest BCUT2D eigenvalue weighted by molar-refractivity contribution is 7.80. The Morgan fingerprint density at radius 3 is 1.74 bits per heavy atom. The zero-order valence-corrected chi connectivity index (χ0v) is 16.8. The van der Waals surface area contributed by atoms with Crippen LogP contribution in [0.25, 0.3) is 0 Å². The van der Waals surface area contributed by atoms with Gasteiger partial charge in [0.25, 0.3) is 0 Å². The fourth-order valence-corrected chi connectivity index (χ4v) is 2.27. The lowest BCUT2D eigenvalue weighted by atomic mass is 10.0. The second-order valence-electron chi connectivity index (χ2n) is 6.83. The smallest absolute Gasteiger partial charge is 0.326 e. The van der Waals surface area contributed by atoms with Crippen LogP contribution in [0.4, 0.5) is 0 Å². The highest BCUT2D eigenvalue weighted by atomic mass is 32.1. The number of amides is 3. The number of carbonyl (C=O) groups excluding carboxylic acids is 3. The Labute approximate surface area is 164 Å². The van der Waals surface area contributed by atoms with Crippen LogP contribution in [0.3, 0.4) is 0 Å². The molecular formula is C16H30N4O6S. The summed E-state index contributed by atoms with van der Waals surface area (Å²) in [5.74, 6) is -3.98. The molecule has 0 aliphatic rings. The molecule has 0 spiro atoms. The minimum Gasteiger partial charge on any atom is -0.480 e. The van der Waals surface area contributed by atoms with E-state index in [0.717, 1.165) is 0 Å². The number of nitrogens with two attached hydrogens (primary N) is 1. The van der Waals surface area contributed by atoms with Crippen molar-refractivity contribution in [2.24, 2.45) is 17.6 Å². The van der Waals surface area contributed by atoms with E-state index in [9.17, 15) is 24.3 Å². The van der Waals surface area contributed by atoms with Crippen LogP contribution in [-0.2, 0) is 19.2 Å². The second-order valence-corrected chi connectivity index (χ2v) is 7.20. The number of carboxylic acids is 1. The third-order valence-electron chi connectivity index (χ3n) is 3.83. The van der Waals surface area contributed by atoms with Crippen molar-refractivity contribution in [3.05, 3.63) is 0 Å². The molecule has 0 aromatic carbocycles. The average molecular weight is 407 g/mol. The molecule has 0 aromatic rings. The maximum absolute atomic E-state index is 12.5.